The van der Waals surface area contributed by atoms with Gasteiger partial charge in [0.15, 0.2) is 0 Å². The second-order valence-corrected chi connectivity index (χ2v) is 5.97. The number of nitrogens with one attached hydrogen (secondary N) is 1. The van der Waals surface area contributed by atoms with Crippen LogP contribution < -0.4 is 5.32 Å². The molecule has 5 heteroatoms. The lowest BCUT2D eigenvalue weighted by Gasteiger charge is -2.17. The van der Waals surface area contributed by atoms with Crippen molar-refractivity contribution in [3.05, 3.63) is 33.5 Å². The Bertz CT molecular complexity index is 529. The molecule has 1 atom stereocenters. The van der Waals surface area contributed by atoms with Crippen molar-refractivity contribution < 1.29 is 0 Å². The van der Waals surface area contributed by atoms with E-state index in [9.17, 15) is 0 Å². The summed E-state index contributed by atoms with van der Waals surface area (Å²) in [6, 6.07) is 0.301. The predicted molar refractivity (Wildman–Crippen MR) is 79.5 cm³/mol. The van der Waals surface area contributed by atoms with Crippen molar-refractivity contribution in [2.45, 2.75) is 39.7 Å². The Morgan fingerprint density at radius 2 is 2.21 bits per heavy atom. The quantitative estimate of drug-likeness (QED) is 0.883. The molecular formula is C14H22N4S. The molecule has 0 radical (unpaired) electrons. The first-order valence-corrected chi connectivity index (χ1v) is 7.62. The molecule has 2 rings (SSSR count). The minimum absolute atomic E-state index is 0.301. The molecule has 2 heterocycles. The summed E-state index contributed by atoms with van der Waals surface area (Å²) >= 11 is 1.72. The summed E-state index contributed by atoms with van der Waals surface area (Å²) in [5.41, 5.74) is 3.55. The van der Waals surface area contributed by atoms with E-state index in [0.717, 1.165) is 30.1 Å². The van der Waals surface area contributed by atoms with Crippen LogP contribution in [0.25, 0.3) is 0 Å². The summed E-state index contributed by atoms with van der Waals surface area (Å²) in [7, 11) is 1.97. The Morgan fingerprint density at radius 1 is 1.42 bits per heavy atom. The van der Waals surface area contributed by atoms with Crippen LogP contribution in [-0.4, -0.2) is 21.3 Å². The molecule has 0 spiro atoms. The van der Waals surface area contributed by atoms with Crippen LogP contribution in [0.4, 0.5) is 0 Å². The predicted octanol–water partition coefficient (Wildman–Crippen LogP) is 2.78. The van der Waals surface area contributed by atoms with Gasteiger partial charge in [-0.25, -0.2) is 4.98 Å². The fourth-order valence-corrected chi connectivity index (χ4v) is 2.91. The topological polar surface area (TPSA) is 42.7 Å². The summed E-state index contributed by atoms with van der Waals surface area (Å²) in [5, 5.41) is 11.3. The summed E-state index contributed by atoms with van der Waals surface area (Å²) in [4.78, 5) is 4.57. The summed E-state index contributed by atoms with van der Waals surface area (Å²) in [5.74, 6) is 0. The highest BCUT2D eigenvalue weighted by Crippen LogP contribution is 2.22. The van der Waals surface area contributed by atoms with E-state index in [-0.39, 0.29) is 0 Å². The van der Waals surface area contributed by atoms with Crippen LogP contribution in [0.15, 0.2) is 11.6 Å². The Balaban J connectivity index is 2.18. The maximum Gasteiger partial charge on any atom is 0.0897 e. The summed E-state index contributed by atoms with van der Waals surface area (Å²) in [6.07, 6.45) is 4.17. The van der Waals surface area contributed by atoms with E-state index in [4.69, 9.17) is 0 Å². The molecule has 1 unspecified atom stereocenters. The Kier molecular flexibility index (Phi) is 4.71. The van der Waals surface area contributed by atoms with Gasteiger partial charge in [-0.05, 0) is 26.8 Å². The molecule has 2 aromatic rings. The SMILES string of the molecule is CCCNC(Cc1csc(C)n1)c1cn(C)nc1C. The molecule has 4 nitrogen and oxygen atoms in total. The number of aryl methyl sites for hydroxylation is 3. The first-order chi connectivity index (χ1) is 9.10. The third kappa shape index (κ3) is 3.64. The lowest BCUT2D eigenvalue weighted by molar-refractivity contribution is 0.523. The first kappa shape index (κ1) is 14.2. The number of nitrogens with zero attached hydrogens (tertiary/aromatic N) is 3. The molecule has 0 aliphatic carbocycles. The fourth-order valence-electron chi connectivity index (χ4n) is 2.28. The Hall–Kier alpha value is -1.20. The molecular weight excluding hydrogens is 256 g/mol. The number of hydrogen-bond donors (Lipinski definition) is 1. The lowest BCUT2D eigenvalue weighted by atomic mass is 10.0. The van der Waals surface area contributed by atoms with Crippen molar-refractivity contribution in [3.8, 4) is 0 Å². The first-order valence-electron chi connectivity index (χ1n) is 6.74. The second kappa shape index (κ2) is 6.30. The standard InChI is InChI=1S/C14H22N4S/c1-5-6-15-14(7-12-9-19-11(3)16-12)13-8-18(4)17-10(13)2/h8-9,14-15H,5-7H2,1-4H3. The Morgan fingerprint density at radius 3 is 2.74 bits per heavy atom. The molecule has 19 heavy (non-hydrogen) atoms. The van der Waals surface area contributed by atoms with Crippen LogP contribution in [0.1, 0.15) is 41.3 Å². The van der Waals surface area contributed by atoms with E-state index in [1.54, 1.807) is 11.3 Å². The molecule has 0 amide bonds. The molecule has 0 fully saturated rings. The zero-order valence-corrected chi connectivity index (χ0v) is 12.9. The van der Waals surface area contributed by atoms with Gasteiger partial charge in [-0.3, -0.25) is 4.68 Å². The molecule has 2 aromatic heterocycles. The van der Waals surface area contributed by atoms with Gasteiger partial charge in [-0.15, -0.1) is 11.3 Å². The van der Waals surface area contributed by atoms with E-state index in [1.165, 1.54) is 11.3 Å². The highest BCUT2D eigenvalue weighted by atomic mass is 32.1. The van der Waals surface area contributed by atoms with Crippen molar-refractivity contribution in [1.82, 2.24) is 20.1 Å². The number of rotatable bonds is 6. The highest BCUT2D eigenvalue weighted by molar-refractivity contribution is 7.09. The number of aromatic nitrogens is 3. The van der Waals surface area contributed by atoms with E-state index < -0.39 is 0 Å². The van der Waals surface area contributed by atoms with Gasteiger partial charge in [-0.1, -0.05) is 6.92 Å². The summed E-state index contributed by atoms with van der Waals surface area (Å²) in [6.45, 7) is 7.33. The van der Waals surface area contributed by atoms with Crippen molar-refractivity contribution >= 4 is 11.3 Å². The largest absolute Gasteiger partial charge is 0.309 e. The fraction of sp³-hybridized carbons (Fsp3) is 0.571. The third-order valence-corrected chi connectivity index (χ3v) is 3.97. The summed E-state index contributed by atoms with van der Waals surface area (Å²) < 4.78 is 1.89. The molecule has 0 aromatic carbocycles. The van der Waals surface area contributed by atoms with E-state index in [0.29, 0.717) is 6.04 Å². The van der Waals surface area contributed by atoms with Gasteiger partial charge in [0.1, 0.15) is 0 Å². The smallest absolute Gasteiger partial charge is 0.0897 e. The van der Waals surface area contributed by atoms with Gasteiger partial charge in [0.25, 0.3) is 0 Å². The minimum atomic E-state index is 0.301. The van der Waals surface area contributed by atoms with Crippen LogP contribution in [0.3, 0.4) is 0 Å². The zero-order valence-electron chi connectivity index (χ0n) is 12.1. The van der Waals surface area contributed by atoms with Crippen molar-refractivity contribution in [2.24, 2.45) is 7.05 Å². The average molecular weight is 278 g/mol. The van der Waals surface area contributed by atoms with Crippen LogP contribution >= 0.6 is 11.3 Å². The van der Waals surface area contributed by atoms with Gasteiger partial charge in [0, 0.05) is 36.7 Å². The zero-order chi connectivity index (χ0) is 13.8. The molecule has 0 aliphatic heterocycles. The van der Waals surface area contributed by atoms with Gasteiger partial charge in [0.05, 0.1) is 16.4 Å². The monoisotopic (exact) mass is 278 g/mol. The number of thiazole rings is 1. The van der Waals surface area contributed by atoms with Gasteiger partial charge < -0.3 is 5.32 Å². The highest BCUT2D eigenvalue weighted by Gasteiger charge is 2.17. The van der Waals surface area contributed by atoms with E-state index in [1.807, 2.05) is 11.7 Å². The van der Waals surface area contributed by atoms with Crippen molar-refractivity contribution in [2.75, 3.05) is 6.54 Å². The molecule has 0 bridgehead atoms. The normalized spacial score (nSPS) is 12.8. The van der Waals surface area contributed by atoms with E-state index in [2.05, 4.69) is 47.7 Å². The van der Waals surface area contributed by atoms with Crippen molar-refractivity contribution in [3.63, 3.8) is 0 Å². The van der Waals surface area contributed by atoms with Crippen LogP contribution in [0, 0.1) is 13.8 Å². The second-order valence-electron chi connectivity index (χ2n) is 4.91. The molecule has 0 aliphatic rings. The van der Waals surface area contributed by atoms with Gasteiger partial charge in [0.2, 0.25) is 0 Å². The maximum atomic E-state index is 4.57. The van der Waals surface area contributed by atoms with Gasteiger partial charge >= 0.3 is 0 Å². The third-order valence-electron chi connectivity index (χ3n) is 3.15. The molecule has 1 N–H and O–H groups in total. The Labute approximate surface area is 118 Å². The van der Waals surface area contributed by atoms with Gasteiger partial charge in [-0.2, -0.15) is 5.10 Å². The van der Waals surface area contributed by atoms with E-state index >= 15 is 0 Å². The van der Waals surface area contributed by atoms with Crippen LogP contribution in [0.2, 0.25) is 0 Å². The lowest BCUT2D eigenvalue weighted by Crippen LogP contribution is -2.24. The molecule has 104 valence electrons. The number of hydrogen-bond acceptors (Lipinski definition) is 4. The maximum absolute atomic E-state index is 4.57. The van der Waals surface area contributed by atoms with Crippen LogP contribution in [-0.2, 0) is 13.5 Å². The van der Waals surface area contributed by atoms with Crippen LogP contribution in [0.5, 0.6) is 0 Å². The van der Waals surface area contributed by atoms with Crippen molar-refractivity contribution in [1.29, 1.82) is 0 Å². The molecule has 0 saturated carbocycles. The minimum Gasteiger partial charge on any atom is -0.309 e. The molecule has 0 saturated heterocycles. The average Bonchev–Trinajstić information content (AvgIpc) is 2.91.